The van der Waals surface area contributed by atoms with Gasteiger partial charge in [-0.15, -0.1) is 0 Å². The van der Waals surface area contributed by atoms with E-state index >= 15 is 0 Å². The van der Waals surface area contributed by atoms with E-state index in [-0.39, 0.29) is 11.9 Å². The van der Waals surface area contributed by atoms with E-state index in [0.29, 0.717) is 25.5 Å². The SMILES string of the molecule is CC[C@@H](COC(=O)C(CCCCN)Cc1ccc(N)cc1)CSCc1ccccc1. The fraction of sp³-hybridized carbons (Fsp3) is 0.480. The lowest BCUT2D eigenvalue weighted by molar-refractivity contribution is -0.150. The van der Waals surface area contributed by atoms with Crippen LogP contribution < -0.4 is 11.5 Å². The number of hydrogen-bond acceptors (Lipinski definition) is 5. The maximum absolute atomic E-state index is 12.8. The summed E-state index contributed by atoms with van der Waals surface area (Å²) in [5, 5.41) is 0. The van der Waals surface area contributed by atoms with E-state index in [2.05, 4.69) is 31.2 Å². The summed E-state index contributed by atoms with van der Waals surface area (Å²) in [7, 11) is 0. The van der Waals surface area contributed by atoms with Crippen molar-refractivity contribution in [1.82, 2.24) is 0 Å². The zero-order valence-electron chi connectivity index (χ0n) is 18.1. The van der Waals surface area contributed by atoms with Crippen LogP contribution in [0.1, 0.15) is 43.7 Å². The highest BCUT2D eigenvalue weighted by Gasteiger charge is 2.21. The number of nitrogens with two attached hydrogens (primary N) is 2. The van der Waals surface area contributed by atoms with Crippen LogP contribution in [0.5, 0.6) is 0 Å². The van der Waals surface area contributed by atoms with E-state index in [1.54, 1.807) is 0 Å². The molecule has 0 aromatic heterocycles. The van der Waals surface area contributed by atoms with Gasteiger partial charge in [0.1, 0.15) is 0 Å². The minimum atomic E-state index is -0.130. The van der Waals surface area contributed by atoms with Crippen molar-refractivity contribution in [3.8, 4) is 0 Å². The smallest absolute Gasteiger partial charge is 0.309 e. The molecule has 5 heteroatoms. The molecule has 0 radical (unpaired) electrons. The highest BCUT2D eigenvalue weighted by Crippen LogP contribution is 2.21. The molecule has 0 heterocycles. The Morgan fingerprint density at radius 2 is 1.77 bits per heavy atom. The van der Waals surface area contributed by atoms with Gasteiger partial charge in [-0.2, -0.15) is 11.8 Å². The zero-order valence-corrected chi connectivity index (χ0v) is 18.9. The van der Waals surface area contributed by atoms with Gasteiger partial charge in [-0.1, -0.05) is 55.8 Å². The third-order valence-corrected chi connectivity index (χ3v) is 6.55. The Bertz CT molecular complexity index is 722. The first-order valence-electron chi connectivity index (χ1n) is 10.9. The first kappa shape index (κ1) is 24.3. The topological polar surface area (TPSA) is 78.3 Å². The molecule has 1 unspecified atom stereocenters. The Balaban J connectivity index is 1.83. The molecule has 2 aromatic rings. The molecule has 2 atom stereocenters. The molecule has 4 N–H and O–H groups in total. The summed E-state index contributed by atoms with van der Waals surface area (Å²) in [4.78, 5) is 12.8. The summed E-state index contributed by atoms with van der Waals surface area (Å²) in [5.74, 6) is 2.15. The molecule has 30 heavy (non-hydrogen) atoms. The van der Waals surface area contributed by atoms with Gasteiger partial charge < -0.3 is 16.2 Å². The number of unbranched alkanes of at least 4 members (excludes halogenated alkanes) is 1. The van der Waals surface area contributed by atoms with Gasteiger partial charge >= 0.3 is 5.97 Å². The van der Waals surface area contributed by atoms with Crippen LogP contribution in [0.4, 0.5) is 5.69 Å². The summed E-state index contributed by atoms with van der Waals surface area (Å²) in [6.07, 6.45) is 4.36. The normalized spacial score (nSPS) is 13.0. The number of benzene rings is 2. The second kappa shape index (κ2) is 14.1. The first-order valence-corrected chi connectivity index (χ1v) is 12.1. The van der Waals surface area contributed by atoms with Crippen LogP contribution in [0.3, 0.4) is 0 Å². The molecule has 0 amide bonds. The summed E-state index contributed by atoms with van der Waals surface area (Å²) in [6, 6.07) is 18.2. The van der Waals surface area contributed by atoms with Crippen molar-refractivity contribution in [2.24, 2.45) is 17.6 Å². The Morgan fingerprint density at radius 3 is 2.43 bits per heavy atom. The number of thioether (sulfide) groups is 1. The van der Waals surface area contributed by atoms with Crippen LogP contribution in [0.15, 0.2) is 54.6 Å². The Labute approximate surface area is 185 Å². The molecule has 0 aliphatic rings. The summed E-state index contributed by atoms with van der Waals surface area (Å²) >= 11 is 1.90. The molecule has 164 valence electrons. The van der Waals surface area contributed by atoms with E-state index in [4.69, 9.17) is 16.2 Å². The molecule has 0 spiro atoms. The van der Waals surface area contributed by atoms with E-state index in [9.17, 15) is 4.79 Å². The Kier molecular flexibility index (Phi) is 11.4. The van der Waals surface area contributed by atoms with Gasteiger partial charge in [0.2, 0.25) is 0 Å². The van der Waals surface area contributed by atoms with Gasteiger partial charge in [0.15, 0.2) is 0 Å². The molecule has 0 saturated carbocycles. The maximum atomic E-state index is 12.8. The van der Waals surface area contributed by atoms with E-state index in [0.717, 1.165) is 48.4 Å². The van der Waals surface area contributed by atoms with Crippen molar-refractivity contribution in [3.05, 3.63) is 65.7 Å². The van der Waals surface area contributed by atoms with Gasteiger partial charge in [0, 0.05) is 17.4 Å². The zero-order chi connectivity index (χ0) is 21.6. The standard InChI is InChI=1S/C25H36N2O2S/c1-2-20(18-30-19-22-8-4-3-5-9-22)17-29-25(28)23(10-6-7-15-26)16-21-11-13-24(27)14-12-21/h3-5,8-9,11-14,20,23H,2,6-7,10,15-19,26-27H2,1H3/t20-,23?/m0/s1. The molecule has 4 nitrogen and oxygen atoms in total. The molecule has 0 fully saturated rings. The number of hydrogen-bond donors (Lipinski definition) is 2. The monoisotopic (exact) mass is 428 g/mol. The molecule has 0 aliphatic carbocycles. The van der Waals surface area contributed by atoms with Crippen LogP contribution in [-0.4, -0.2) is 24.9 Å². The number of anilines is 1. The van der Waals surface area contributed by atoms with E-state index in [1.165, 1.54) is 5.56 Å². The highest BCUT2D eigenvalue weighted by atomic mass is 32.2. The summed E-state index contributed by atoms with van der Waals surface area (Å²) in [6.45, 7) is 3.31. The predicted molar refractivity (Wildman–Crippen MR) is 128 cm³/mol. The number of rotatable bonds is 14. The Hall–Kier alpha value is -1.98. The molecule has 0 saturated heterocycles. The lowest BCUT2D eigenvalue weighted by atomic mass is 9.94. The minimum absolute atomic E-state index is 0.0876. The fourth-order valence-electron chi connectivity index (χ4n) is 3.30. The van der Waals surface area contributed by atoms with Crippen molar-refractivity contribution in [1.29, 1.82) is 0 Å². The maximum Gasteiger partial charge on any atom is 0.309 e. The number of carbonyl (C=O) groups is 1. The van der Waals surface area contributed by atoms with Crippen LogP contribution in [-0.2, 0) is 21.7 Å². The fourth-order valence-corrected chi connectivity index (χ4v) is 4.51. The van der Waals surface area contributed by atoms with Crippen LogP contribution >= 0.6 is 11.8 Å². The summed E-state index contributed by atoms with van der Waals surface area (Å²) in [5.41, 5.74) is 14.6. The van der Waals surface area contributed by atoms with Gasteiger partial charge in [-0.05, 0) is 61.2 Å². The van der Waals surface area contributed by atoms with Gasteiger partial charge in [0.25, 0.3) is 0 Å². The average molecular weight is 429 g/mol. The number of ether oxygens (including phenoxy) is 1. The van der Waals surface area contributed by atoms with Crippen LogP contribution in [0, 0.1) is 11.8 Å². The van der Waals surface area contributed by atoms with Crippen LogP contribution in [0.25, 0.3) is 0 Å². The molecule has 2 aromatic carbocycles. The molecule has 0 aliphatic heterocycles. The van der Waals surface area contributed by atoms with E-state index < -0.39 is 0 Å². The van der Waals surface area contributed by atoms with Crippen molar-refractivity contribution in [3.63, 3.8) is 0 Å². The number of esters is 1. The van der Waals surface area contributed by atoms with Crippen molar-refractivity contribution >= 4 is 23.4 Å². The largest absolute Gasteiger partial charge is 0.465 e. The third-order valence-electron chi connectivity index (χ3n) is 5.31. The van der Waals surface area contributed by atoms with Crippen LogP contribution in [0.2, 0.25) is 0 Å². The van der Waals surface area contributed by atoms with Gasteiger partial charge in [-0.25, -0.2) is 0 Å². The van der Waals surface area contributed by atoms with Gasteiger partial charge in [0.05, 0.1) is 12.5 Å². The highest BCUT2D eigenvalue weighted by molar-refractivity contribution is 7.98. The second-order valence-electron chi connectivity index (χ2n) is 7.83. The quantitative estimate of drug-likeness (QED) is 0.250. The lowest BCUT2D eigenvalue weighted by Gasteiger charge is -2.19. The first-order chi connectivity index (χ1) is 14.6. The Morgan fingerprint density at radius 1 is 1.03 bits per heavy atom. The lowest BCUT2D eigenvalue weighted by Crippen LogP contribution is -2.24. The average Bonchev–Trinajstić information content (AvgIpc) is 2.77. The van der Waals surface area contributed by atoms with Crippen molar-refractivity contribution in [2.75, 3.05) is 24.6 Å². The predicted octanol–water partition coefficient (Wildman–Crippen LogP) is 5.06. The third kappa shape index (κ3) is 9.23. The van der Waals surface area contributed by atoms with Crippen molar-refractivity contribution < 1.29 is 9.53 Å². The summed E-state index contributed by atoms with van der Waals surface area (Å²) < 4.78 is 5.78. The number of nitrogen functional groups attached to an aromatic ring is 1. The molecule has 2 rings (SSSR count). The number of carbonyl (C=O) groups excluding carboxylic acids is 1. The van der Waals surface area contributed by atoms with E-state index in [1.807, 2.05) is 42.1 Å². The minimum Gasteiger partial charge on any atom is -0.465 e. The van der Waals surface area contributed by atoms with Crippen molar-refractivity contribution in [2.45, 2.75) is 44.8 Å². The van der Waals surface area contributed by atoms with Gasteiger partial charge in [-0.3, -0.25) is 4.79 Å². The molecular formula is C25H36N2O2S. The molecular weight excluding hydrogens is 392 g/mol. The molecule has 0 bridgehead atoms. The second-order valence-corrected chi connectivity index (χ2v) is 8.86.